The van der Waals surface area contributed by atoms with E-state index in [0.717, 1.165) is 12.1 Å². The topological polar surface area (TPSA) is 82.8 Å². The Labute approximate surface area is 141 Å². The minimum absolute atomic E-state index is 0.0318. The SMILES string of the molecule is O=C(NCC1COCCO1)c1cc(COc2c(F)cccc2F)on1. The van der Waals surface area contributed by atoms with Crippen molar-refractivity contribution in [3.63, 3.8) is 0 Å². The molecule has 1 amide bonds. The molecular weight excluding hydrogens is 338 g/mol. The number of nitrogens with one attached hydrogen (secondary N) is 1. The van der Waals surface area contributed by atoms with Gasteiger partial charge in [0.15, 0.2) is 28.8 Å². The van der Waals surface area contributed by atoms with Gasteiger partial charge in [0.05, 0.1) is 25.9 Å². The number of halogens is 2. The summed E-state index contributed by atoms with van der Waals surface area (Å²) in [5, 5.41) is 6.26. The van der Waals surface area contributed by atoms with E-state index in [1.54, 1.807) is 0 Å². The fourth-order valence-corrected chi connectivity index (χ4v) is 2.20. The first-order chi connectivity index (χ1) is 12.1. The first-order valence-corrected chi connectivity index (χ1v) is 7.63. The van der Waals surface area contributed by atoms with Crippen LogP contribution in [0, 0.1) is 11.6 Å². The van der Waals surface area contributed by atoms with Gasteiger partial charge in [-0.3, -0.25) is 4.79 Å². The van der Waals surface area contributed by atoms with Gasteiger partial charge in [-0.15, -0.1) is 0 Å². The van der Waals surface area contributed by atoms with Crippen molar-refractivity contribution in [2.24, 2.45) is 0 Å². The molecule has 1 N–H and O–H groups in total. The quantitative estimate of drug-likeness (QED) is 0.850. The number of carbonyl (C=O) groups is 1. The van der Waals surface area contributed by atoms with Gasteiger partial charge in [-0.25, -0.2) is 8.78 Å². The molecule has 25 heavy (non-hydrogen) atoms. The fourth-order valence-electron chi connectivity index (χ4n) is 2.20. The van der Waals surface area contributed by atoms with E-state index in [-0.39, 0.29) is 30.7 Å². The number of amides is 1. The summed E-state index contributed by atoms with van der Waals surface area (Å²) in [6, 6.07) is 4.73. The van der Waals surface area contributed by atoms with E-state index in [4.69, 9.17) is 18.7 Å². The van der Waals surface area contributed by atoms with E-state index in [0.29, 0.717) is 19.8 Å². The molecule has 134 valence electrons. The first-order valence-electron chi connectivity index (χ1n) is 7.63. The van der Waals surface area contributed by atoms with Gasteiger partial charge in [-0.2, -0.15) is 0 Å². The molecule has 0 bridgehead atoms. The van der Waals surface area contributed by atoms with Crippen LogP contribution < -0.4 is 10.1 Å². The number of para-hydroxylation sites is 1. The van der Waals surface area contributed by atoms with Crippen LogP contribution in [-0.4, -0.2) is 43.5 Å². The molecule has 2 aromatic rings. The number of aromatic nitrogens is 1. The monoisotopic (exact) mass is 354 g/mol. The molecule has 3 rings (SSSR count). The van der Waals surface area contributed by atoms with E-state index >= 15 is 0 Å². The Hall–Kier alpha value is -2.52. The van der Waals surface area contributed by atoms with Gasteiger partial charge in [-0.1, -0.05) is 11.2 Å². The Balaban J connectivity index is 1.52. The third-order valence-electron chi connectivity index (χ3n) is 3.44. The highest BCUT2D eigenvalue weighted by Gasteiger charge is 2.18. The van der Waals surface area contributed by atoms with Crippen molar-refractivity contribution in [3.8, 4) is 5.75 Å². The van der Waals surface area contributed by atoms with Gasteiger partial charge >= 0.3 is 0 Å². The minimum atomic E-state index is -0.827. The van der Waals surface area contributed by atoms with Crippen LogP contribution >= 0.6 is 0 Å². The van der Waals surface area contributed by atoms with Gasteiger partial charge in [0.25, 0.3) is 5.91 Å². The van der Waals surface area contributed by atoms with Crippen molar-refractivity contribution in [1.82, 2.24) is 10.5 Å². The van der Waals surface area contributed by atoms with Crippen molar-refractivity contribution < 1.29 is 32.3 Å². The Kier molecular flexibility index (Phi) is 5.56. The van der Waals surface area contributed by atoms with Crippen LogP contribution in [0.4, 0.5) is 8.78 Å². The average molecular weight is 354 g/mol. The van der Waals surface area contributed by atoms with Crippen LogP contribution in [0.25, 0.3) is 0 Å². The predicted molar refractivity (Wildman–Crippen MR) is 80.1 cm³/mol. The molecule has 0 aliphatic carbocycles. The second kappa shape index (κ2) is 8.04. The lowest BCUT2D eigenvalue weighted by Gasteiger charge is -2.22. The van der Waals surface area contributed by atoms with Crippen molar-refractivity contribution in [2.75, 3.05) is 26.4 Å². The van der Waals surface area contributed by atoms with Gasteiger partial charge < -0.3 is 24.1 Å². The molecule has 1 fully saturated rings. The number of hydrogen-bond donors (Lipinski definition) is 1. The maximum atomic E-state index is 13.5. The molecule has 1 aliphatic rings. The highest BCUT2D eigenvalue weighted by molar-refractivity contribution is 5.92. The molecule has 1 aromatic carbocycles. The van der Waals surface area contributed by atoms with Crippen LogP contribution in [0.2, 0.25) is 0 Å². The Morgan fingerprint density at radius 1 is 1.32 bits per heavy atom. The molecule has 2 heterocycles. The molecule has 0 saturated carbocycles. The van der Waals surface area contributed by atoms with Crippen LogP contribution in [0.3, 0.4) is 0 Å². The molecule has 1 aromatic heterocycles. The number of nitrogens with zero attached hydrogens (tertiary/aromatic N) is 1. The number of ether oxygens (including phenoxy) is 3. The van der Waals surface area contributed by atoms with Crippen molar-refractivity contribution in [1.29, 1.82) is 0 Å². The average Bonchev–Trinajstić information content (AvgIpc) is 3.09. The third kappa shape index (κ3) is 4.52. The fraction of sp³-hybridized carbons (Fsp3) is 0.375. The lowest BCUT2D eigenvalue weighted by molar-refractivity contribution is -0.0855. The standard InChI is InChI=1S/C16H16F2N2O5/c17-12-2-1-3-13(18)15(12)24-9-10-6-14(20-25-10)16(21)19-7-11-8-22-4-5-23-11/h1-3,6,11H,4-5,7-9H2,(H,19,21). The largest absolute Gasteiger partial charge is 0.479 e. The van der Waals surface area contributed by atoms with Gasteiger partial charge in [0, 0.05) is 12.6 Å². The summed E-state index contributed by atoms with van der Waals surface area (Å²) < 4.78 is 47.6. The summed E-state index contributed by atoms with van der Waals surface area (Å²) >= 11 is 0. The van der Waals surface area contributed by atoms with Gasteiger partial charge in [0.1, 0.15) is 6.61 Å². The van der Waals surface area contributed by atoms with Crippen molar-refractivity contribution >= 4 is 5.91 Å². The highest BCUT2D eigenvalue weighted by Crippen LogP contribution is 2.22. The van der Waals surface area contributed by atoms with Crippen LogP contribution in [-0.2, 0) is 16.1 Å². The molecule has 0 radical (unpaired) electrons. The zero-order valence-electron chi connectivity index (χ0n) is 13.2. The summed E-state index contributed by atoms with van der Waals surface area (Å²) in [5.41, 5.74) is 0.0318. The Morgan fingerprint density at radius 3 is 2.84 bits per heavy atom. The normalized spacial score (nSPS) is 17.3. The molecule has 1 saturated heterocycles. The van der Waals surface area contributed by atoms with E-state index in [1.165, 1.54) is 12.1 Å². The maximum absolute atomic E-state index is 13.5. The Morgan fingerprint density at radius 2 is 2.12 bits per heavy atom. The molecule has 9 heteroatoms. The van der Waals surface area contributed by atoms with E-state index in [1.807, 2.05) is 0 Å². The Bertz CT molecular complexity index is 711. The molecular formula is C16H16F2N2O5. The minimum Gasteiger partial charge on any atom is -0.479 e. The molecule has 1 aliphatic heterocycles. The maximum Gasteiger partial charge on any atom is 0.273 e. The number of carbonyl (C=O) groups excluding carboxylic acids is 1. The van der Waals surface area contributed by atoms with Crippen LogP contribution in [0.5, 0.6) is 5.75 Å². The third-order valence-corrected chi connectivity index (χ3v) is 3.44. The zero-order valence-corrected chi connectivity index (χ0v) is 13.2. The zero-order chi connectivity index (χ0) is 17.6. The van der Waals surface area contributed by atoms with E-state index in [2.05, 4.69) is 10.5 Å². The summed E-state index contributed by atoms with van der Waals surface area (Å²) in [4.78, 5) is 12.0. The summed E-state index contributed by atoms with van der Waals surface area (Å²) in [6.45, 7) is 1.44. The number of benzene rings is 1. The molecule has 0 spiro atoms. The van der Waals surface area contributed by atoms with Crippen molar-refractivity contribution in [2.45, 2.75) is 12.7 Å². The predicted octanol–water partition coefficient (Wildman–Crippen LogP) is 1.68. The summed E-state index contributed by atoms with van der Waals surface area (Å²) in [7, 11) is 0. The second-order valence-electron chi connectivity index (χ2n) is 5.30. The number of rotatable bonds is 6. The summed E-state index contributed by atoms with van der Waals surface area (Å²) in [6.07, 6.45) is -0.212. The van der Waals surface area contributed by atoms with Crippen LogP contribution in [0.1, 0.15) is 16.2 Å². The molecule has 1 unspecified atom stereocenters. The van der Waals surface area contributed by atoms with Crippen LogP contribution in [0.15, 0.2) is 28.8 Å². The first kappa shape index (κ1) is 17.3. The smallest absolute Gasteiger partial charge is 0.273 e. The van der Waals surface area contributed by atoms with E-state index in [9.17, 15) is 13.6 Å². The molecule has 7 nitrogen and oxygen atoms in total. The molecule has 1 atom stereocenters. The van der Waals surface area contributed by atoms with Gasteiger partial charge in [-0.05, 0) is 12.1 Å². The lowest BCUT2D eigenvalue weighted by atomic mass is 10.3. The van der Waals surface area contributed by atoms with E-state index < -0.39 is 23.3 Å². The highest BCUT2D eigenvalue weighted by atomic mass is 19.1. The van der Waals surface area contributed by atoms with Gasteiger partial charge in [0.2, 0.25) is 0 Å². The lowest BCUT2D eigenvalue weighted by Crippen LogP contribution is -2.39. The second-order valence-corrected chi connectivity index (χ2v) is 5.30. The number of hydrogen-bond acceptors (Lipinski definition) is 6. The van der Waals surface area contributed by atoms with Crippen molar-refractivity contribution in [3.05, 3.63) is 47.4 Å². The summed E-state index contributed by atoms with van der Waals surface area (Å²) in [5.74, 6) is -2.47.